The van der Waals surface area contributed by atoms with Gasteiger partial charge in [-0.05, 0) is 57.2 Å². The van der Waals surface area contributed by atoms with Crippen LogP contribution in [-0.2, 0) is 0 Å². The van der Waals surface area contributed by atoms with Gasteiger partial charge < -0.3 is 10.2 Å². The third kappa shape index (κ3) is 3.71. The van der Waals surface area contributed by atoms with E-state index in [-0.39, 0.29) is 6.03 Å². The molecule has 0 bridgehead atoms. The van der Waals surface area contributed by atoms with Gasteiger partial charge in [0, 0.05) is 48.2 Å². The lowest BCUT2D eigenvalue weighted by Gasteiger charge is -2.62. The molecule has 1 aromatic rings. The van der Waals surface area contributed by atoms with Crippen LogP contribution in [0.25, 0.3) is 0 Å². The van der Waals surface area contributed by atoms with E-state index in [0.717, 1.165) is 50.3 Å². The van der Waals surface area contributed by atoms with Gasteiger partial charge in [0.15, 0.2) is 0 Å². The van der Waals surface area contributed by atoms with E-state index in [1.54, 1.807) is 0 Å². The Hall–Kier alpha value is -1.26. The molecular weight excluding hydrogens is 358 g/mol. The Bertz CT molecular complexity index is 661. The summed E-state index contributed by atoms with van der Waals surface area (Å²) >= 11 is 6.11. The summed E-state index contributed by atoms with van der Waals surface area (Å²) in [6, 6.07) is 9.90. The molecule has 1 aromatic carbocycles. The normalized spacial score (nSPS) is 25.8. The summed E-state index contributed by atoms with van der Waals surface area (Å²) in [6.07, 6.45) is 6.96. The summed E-state index contributed by atoms with van der Waals surface area (Å²) in [4.78, 5) is 17.3. The van der Waals surface area contributed by atoms with Crippen LogP contribution in [0, 0.1) is 5.41 Å². The van der Waals surface area contributed by atoms with E-state index in [1.165, 1.54) is 18.4 Å². The Balaban J connectivity index is 1.42. The van der Waals surface area contributed by atoms with Gasteiger partial charge in [-0.15, -0.1) is 0 Å². The standard InChI is InChI=1S/C22H32ClN3O/c1-16(2)26-15-22(20(26)17-7-9-18(23)10-8-17)11-13-25(14-12-22)21(27)24-19-5-3-4-6-19/h7-10,16,19-20H,3-6,11-15H2,1-2H3,(H,24,27). The van der Waals surface area contributed by atoms with Crippen LogP contribution in [0.1, 0.15) is 64.0 Å². The molecule has 4 rings (SSSR count). The molecule has 148 valence electrons. The van der Waals surface area contributed by atoms with Crippen molar-refractivity contribution in [2.24, 2.45) is 5.41 Å². The van der Waals surface area contributed by atoms with Crippen molar-refractivity contribution < 1.29 is 4.79 Å². The van der Waals surface area contributed by atoms with E-state index in [0.29, 0.717) is 23.5 Å². The molecule has 1 spiro atoms. The van der Waals surface area contributed by atoms with E-state index in [4.69, 9.17) is 11.6 Å². The van der Waals surface area contributed by atoms with Crippen molar-refractivity contribution >= 4 is 17.6 Å². The number of carbonyl (C=O) groups is 1. The third-order valence-corrected chi connectivity index (χ3v) is 7.24. The predicted octanol–water partition coefficient (Wildman–Crippen LogP) is 4.84. The molecule has 2 amide bonds. The minimum atomic E-state index is 0.153. The molecule has 2 saturated heterocycles. The van der Waals surface area contributed by atoms with Gasteiger partial charge in [0.2, 0.25) is 0 Å². The Morgan fingerprint density at radius 3 is 2.37 bits per heavy atom. The topological polar surface area (TPSA) is 35.6 Å². The summed E-state index contributed by atoms with van der Waals surface area (Å²) in [6.45, 7) is 7.43. The molecule has 27 heavy (non-hydrogen) atoms. The van der Waals surface area contributed by atoms with Crippen molar-refractivity contribution in [1.29, 1.82) is 0 Å². The Morgan fingerprint density at radius 2 is 1.78 bits per heavy atom. The number of likely N-dealkylation sites (tertiary alicyclic amines) is 2. The van der Waals surface area contributed by atoms with Gasteiger partial charge in [-0.2, -0.15) is 0 Å². The first-order chi connectivity index (χ1) is 13.0. The van der Waals surface area contributed by atoms with E-state index < -0.39 is 0 Å². The van der Waals surface area contributed by atoms with Gasteiger partial charge in [0.25, 0.3) is 0 Å². The first-order valence-corrected chi connectivity index (χ1v) is 10.9. The lowest BCUT2D eigenvalue weighted by molar-refractivity contribution is -0.123. The van der Waals surface area contributed by atoms with Gasteiger partial charge in [-0.25, -0.2) is 4.79 Å². The summed E-state index contributed by atoms with van der Waals surface area (Å²) < 4.78 is 0. The van der Waals surface area contributed by atoms with Crippen LogP contribution >= 0.6 is 11.6 Å². The number of benzene rings is 1. The molecule has 2 aliphatic heterocycles. The van der Waals surface area contributed by atoms with Crippen molar-refractivity contribution in [3.05, 3.63) is 34.9 Å². The number of nitrogens with one attached hydrogen (secondary N) is 1. The van der Waals surface area contributed by atoms with Gasteiger partial charge >= 0.3 is 6.03 Å². The van der Waals surface area contributed by atoms with Crippen LogP contribution in [0.3, 0.4) is 0 Å². The maximum atomic E-state index is 12.6. The first-order valence-electron chi connectivity index (χ1n) is 10.6. The average molecular weight is 390 g/mol. The number of rotatable bonds is 3. The highest BCUT2D eigenvalue weighted by Crippen LogP contribution is 2.55. The van der Waals surface area contributed by atoms with E-state index >= 15 is 0 Å². The minimum absolute atomic E-state index is 0.153. The Labute approximate surface area is 168 Å². The van der Waals surface area contributed by atoms with Crippen LogP contribution in [0.15, 0.2) is 24.3 Å². The molecule has 0 radical (unpaired) electrons. The number of halogens is 1. The second kappa shape index (κ2) is 7.63. The molecule has 5 heteroatoms. The monoisotopic (exact) mass is 389 g/mol. The first kappa shape index (κ1) is 19.1. The van der Waals surface area contributed by atoms with Crippen LogP contribution < -0.4 is 5.32 Å². The number of nitrogens with zero attached hydrogens (tertiary/aromatic N) is 2. The highest BCUT2D eigenvalue weighted by atomic mass is 35.5. The fraction of sp³-hybridized carbons (Fsp3) is 0.682. The van der Waals surface area contributed by atoms with Crippen molar-refractivity contribution in [3.8, 4) is 0 Å². The molecule has 2 heterocycles. The van der Waals surface area contributed by atoms with E-state index in [1.807, 2.05) is 17.0 Å². The third-order valence-electron chi connectivity index (χ3n) is 6.99. The largest absolute Gasteiger partial charge is 0.335 e. The summed E-state index contributed by atoms with van der Waals surface area (Å²) in [7, 11) is 0. The Kier molecular flexibility index (Phi) is 5.39. The van der Waals surface area contributed by atoms with Gasteiger partial charge in [-0.3, -0.25) is 4.90 Å². The maximum absolute atomic E-state index is 12.6. The Morgan fingerprint density at radius 1 is 1.15 bits per heavy atom. The molecule has 3 fully saturated rings. The SMILES string of the molecule is CC(C)N1CC2(CCN(C(=O)NC3CCCC3)CC2)C1c1ccc(Cl)cc1. The summed E-state index contributed by atoms with van der Waals surface area (Å²) in [5.74, 6) is 0. The van der Waals surface area contributed by atoms with Gasteiger partial charge in [0.05, 0.1) is 0 Å². The van der Waals surface area contributed by atoms with E-state index in [9.17, 15) is 4.79 Å². The number of carbonyl (C=O) groups excluding carboxylic acids is 1. The lowest BCUT2D eigenvalue weighted by Crippen LogP contribution is -2.64. The van der Waals surface area contributed by atoms with Crippen molar-refractivity contribution in [3.63, 3.8) is 0 Å². The summed E-state index contributed by atoms with van der Waals surface area (Å²) in [5.41, 5.74) is 1.66. The van der Waals surface area contributed by atoms with Crippen molar-refractivity contribution in [2.75, 3.05) is 19.6 Å². The lowest BCUT2D eigenvalue weighted by atomic mass is 9.62. The van der Waals surface area contributed by atoms with Gasteiger partial charge in [-0.1, -0.05) is 36.6 Å². The predicted molar refractivity (Wildman–Crippen MR) is 110 cm³/mol. The fourth-order valence-electron chi connectivity index (χ4n) is 5.37. The molecule has 1 N–H and O–H groups in total. The second-order valence-electron chi connectivity index (χ2n) is 9.00. The highest BCUT2D eigenvalue weighted by Gasteiger charge is 2.54. The number of piperidine rings is 1. The zero-order valence-corrected chi connectivity index (χ0v) is 17.3. The average Bonchev–Trinajstić information content (AvgIpc) is 3.15. The smallest absolute Gasteiger partial charge is 0.317 e. The minimum Gasteiger partial charge on any atom is -0.335 e. The number of urea groups is 1. The fourth-order valence-corrected chi connectivity index (χ4v) is 5.50. The molecule has 1 unspecified atom stereocenters. The zero-order valence-electron chi connectivity index (χ0n) is 16.6. The molecule has 1 saturated carbocycles. The van der Waals surface area contributed by atoms with Crippen LogP contribution in [-0.4, -0.2) is 47.5 Å². The van der Waals surface area contributed by atoms with Crippen LogP contribution in [0.2, 0.25) is 5.02 Å². The molecule has 0 aromatic heterocycles. The number of hydrogen-bond donors (Lipinski definition) is 1. The second-order valence-corrected chi connectivity index (χ2v) is 9.44. The molecular formula is C22H32ClN3O. The quantitative estimate of drug-likeness (QED) is 0.802. The molecule has 1 aliphatic carbocycles. The van der Waals surface area contributed by atoms with Crippen molar-refractivity contribution in [2.45, 2.75) is 70.5 Å². The van der Waals surface area contributed by atoms with Crippen molar-refractivity contribution in [1.82, 2.24) is 15.1 Å². The van der Waals surface area contributed by atoms with Gasteiger partial charge in [0.1, 0.15) is 0 Å². The molecule has 4 nitrogen and oxygen atoms in total. The summed E-state index contributed by atoms with van der Waals surface area (Å²) in [5, 5.41) is 4.04. The number of amides is 2. The maximum Gasteiger partial charge on any atom is 0.317 e. The zero-order chi connectivity index (χ0) is 19.0. The molecule has 3 aliphatic rings. The molecule has 1 atom stereocenters. The van der Waals surface area contributed by atoms with Crippen LogP contribution in [0.4, 0.5) is 4.79 Å². The van der Waals surface area contributed by atoms with Crippen LogP contribution in [0.5, 0.6) is 0 Å². The van der Waals surface area contributed by atoms with E-state index in [2.05, 4.69) is 36.2 Å². The number of hydrogen-bond acceptors (Lipinski definition) is 2. The highest BCUT2D eigenvalue weighted by molar-refractivity contribution is 6.30.